The highest BCUT2D eigenvalue weighted by atomic mass is 32.2. The summed E-state index contributed by atoms with van der Waals surface area (Å²) in [5.74, 6) is 0. The van der Waals surface area contributed by atoms with Gasteiger partial charge < -0.3 is 11.5 Å². The molecule has 20 heavy (non-hydrogen) atoms. The molecule has 0 aromatic heterocycles. The van der Waals surface area contributed by atoms with E-state index in [1.54, 1.807) is 0 Å². The molecule has 0 radical (unpaired) electrons. The molecule has 0 saturated carbocycles. The minimum absolute atomic E-state index is 0.484. The second kappa shape index (κ2) is 4.60. The van der Waals surface area contributed by atoms with Crippen molar-refractivity contribution >= 4 is 40.9 Å². The van der Waals surface area contributed by atoms with Crippen LogP contribution in [0, 0.1) is 0 Å². The monoisotopic (exact) mass is 342 g/mol. The van der Waals surface area contributed by atoms with Crippen molar-refractivity contribution in [2.45, 2.75) is 14.7 Å². The van der Waals surface area contributed by atoms with Crippen molar-refractivity contribution in [1.82, 2.24) is 0 Å². The molecule has 0 aliphatic carbocycles. The minimum atomic E-state index is -4.10. The number of nitrogen functional groups attached to an aromatic ring is 2. The van der Waals surface area contributed by atoms with Crippen LogP contribution in [0.25, 0.3) is 0 Å². The molecule has 0 bridgehead atoms. The molecular weight excluding hydrogens is 328 g/mol. The lowest BCUT2D eigenvalue weighted by atomic mass is 10.3. The van der Waals surface area contributed by atoms with E-state index in [0.717, 1.165) is 24.8 Å². The highest BCUT2D eigenvalue weighted by Crippen LogP contribution is 2.36. The number of anilines is 2. The number of nitrogens with two attached hydrogens (primary N) is 2. The molecule has 8 nitrogen and oxygen atoms in total. The largest absolute Gasteiger partial charge is 0.398 e. The third-order valence-electron chi connectivity index (χ3n) is 2.41. The normalized spacial score (nSPS) is 13.3. The van der Waals surface area contributed by atoms with Crippen LogP contribution in [0.4, 0.5) is 11.4 Å². The lowest BCUT2D eigenvalue weighted by Crippen LogP contribution is -2.16. The highest BCUT2D eigenvalue weighted by molar-refractivity contribution is 7.94. The van der Waals surface area contributed by atoms with Crippen LogP contribution in [0.1, 0.15) is 0 Å². The average Bonchev–Trinajstić information content (AvgIpc) is 2.14. The van der Waals surface area contributed by atoms with Crippen LogP contribution in [-0.2, 0) is 29.5 Å². The third-order valence-corrected chi connectivity index (χ3v) is 6.02. The van der Waals surface area contributed by atoms with Crippen molar-refractivity contribution in [3.05, 3.63) is 6.07 Å². The first-order valence-electron chi connectivity index (χ1n) is 4.99. The Kier molecular flexibility index (Phi) is 3.85. The summed E-state index contributed by atoms with van der Waals surface area (Å²) in [7, 11) is -12.0. The molecule has 114 valence electrons. The summed E-state index contributed by atoms with van der Waals surface area (Å²) >= 11 is 0. The van der Waals surface area contributed by atoms with E-state index in [0.29, 0.717) is 0 Å². The van der Waals surface area contributed by atoms with Gasteiger partial charge in [0.1, 0.15) is 9.79 Å². The first-order chi connectivity index (χ1) is 8.67. The molecule has 0 spiro atoms. The van der Waals surface area contributed by atoms with E-state index < -0.39 is 55.6 Å². The predicted molar refractivity (Wildman–Crippen MR) is 74.6 cm³/mol. The fourth-order valence-corrected chi connectivity index (χ4v) is 5.42. The van der Waals surface area contributed by atoms with Gasteiger partial charge in [-0.25, -0.2) is 25.3 Å². The molecule has 0 aliphatic rings. The molecule has 0 aliphatic heterocycles. The summed E-state index contributed by atoms with van der Waals surface area (Å²) in [6.07, 6.45) is 2.29. The molecule has 0 unspecified atom stereocenters. The van der Waals surface area contributed by atoms with Crippen molar-refractivity contribution in [3.63, 3.8) is 0 Å². The lowest BCUT2D eigenvalue weighted by molar-refractivity contribution is 0.588. The summed E-state index contributed by atoms with van der Waals surface area (Å²) in [5.41, 5.74) is 9.92. The van der Waals surface area contributed by atoms with Crippen LogP contribution in [0.2, 0.25) is 0 Å². The molecule has 0 heterocycles. The van der Waals surface area contributed by atoms with Crippen LogP contribution in [-0.4, -0.2) is 44.0 Å². The summed E-state index contributed by atoms with van der Waals surface area (Å²) in [6, 6.07) is 0.843. The van der Waals surface area contributed by atoms with Gasteiger partial charge in [-0.3, -0.25) is 0 Å². The second-order valence-corrected chi connectivity index (χ2v) is 10.2. The number of sulfone groups is 3. The Morgan fingerprint density at radius 1 is 0.750 bits per heavy atom. The Bertz CT molecular complexity index is 882. The molecule has 4 N–H and O–H groups in total. The van der Waals surface area contributed by atoms with E-state index in [2.05, 4.69) is 0 Å². The molecule has 0 amide bonds. The zero-order valence-electron chi connectivity index (χ0n) is 10.9. The van der Waals surface area contributed by atoms with E-state index >= 15 is 0 Å². The Hall–Kier alpha value is -1.33. The minimum Gasteiger partial charge on any atom is -0.398 e. The predicted octanol–water partition coefficient (Wildman–Crippen LogP) is -0.938. The highest BCUT2D eigenvalue weighted by Gasteiger charge is 2.30. The van der Waals surface area contributed by atoms with Gasteiger partial charge >= 0.3 is 0 Å². The Labute approximate surface area is 117 Å². The third kappa shape index (κ3) is 3.04. The Balaban J connectivity index is 4.20. The fourth-order valence-electron chi connectivity index (χ4n) is 1.71. The van der Waals surface area contributed by atoms with Crippen LogP contribution < -0.4 is 11.5 Å². The van der Waals surface area contributed by atoms with Crippen LogP contribution in [0.5, 0.6) is 0 Å². The fraction of sp³-hybridized carbons (Fsp3) is 0.333. The molecular formula is C9H14N2O6S3. The van der Waals surface area contributed by atoms with E-state index in [4.69, 9.17) is 11.5 Å². The molecule has 1 rings (SSSR count). The van der Waals surface area contributed by atoms with Crippen molar-refractivity contribution < 1.29 is 25.3 Å². The Morgan fingerprint density at radius 3 is 1.45 bits per heavy atom. The standard InChI is InChI=1S/C9H14N2O6S3/c1-18(12,13)6-4-5(10)8(19(2,14)15)9(7(6)11)20(3,16)17/h4H,10-11H2,1-3H3. The number of hydrogen-bond acceptors (Lipinski definition) is 8. The van der Waals surface area contributed by atoms with Gasteiger partial charge in [0, 0.05) is 18.8 Å². The average molecular weight is 342 g/mol. The van der Waals surface area contributed by atoms with Crippen molar-refractivity contribution in [1.29, 1.82) is 0 Å². The zero-order chi connectivity index (χ0) is 16.1. The van der Waals surface area contributed by atoms with Crippen LogP contribution in [0.15, 0.2) is 20.8 Å². The van der Waals surface area contributed by atoms with Gasteiger partial charge in [-0.2, -0.15) is 0 Å². The van der Waals surface area contributed by atoms with Gasteiger partial charge in [0.2, 0.25) is 0 Å². The van der Waals surface area contributed by atoms with E-state index in [9.17, 15) is 25.3 Å². The van der Waals surface area contributed by atoms with E-state index in [1.165, 1.54) is 0 Å². The molecule has 11 heteroatoms. The summed E-state index contributed by atoms with van der Waals surface area (Å²) in [6.45, 7) is 0. The maximum absolute atomic E-state index is 11.8. The smallest absolute Gasteiger partial charge is 0.178 e. The van der Waals surface area contributed by atoms with Crippen molar-refractivity contribution in [2.75, 3.05) is 30.2 Å². The zero-order valence-corrected chi connectivity index (χ0v) is 13.4. The van der Waals surface area contributed by atoms with Crippen molar-refractivity contribution in [2.24, 2.45) is 0 Å². The lowest BCUT2D eigenvalue weighted by Gasteiger charge is -2.15. The topological polar surface area (TPSA) is 154 Å². The summed E-state index contributed by atoms with van der Waals surface area (Å²) < 4.78 is 70.0. The SMILES string of the molecule is CS(=O)(=O)c1cc(N)c(S(C)(=O)=O)c(S(C)(=O)=O)c1N. The summed E-state index contributed by atoms with van der Waals surface area (Å²) in [4.78, 5) is -2.01. The molecule has 1 aromatic rings. The number of rotatable bonds is 3. The van der Waals surface area contributed by atoms with Crippen molar-refractivity contribution in [3.8, 4) is 0 Å². The Morgan fingerprint density at radius 2 is 1.15 bits per heavy atom. The molecule has 0 saturated heterocycles. The van der Waals surface area contributed by atoms with Crippen LogP contribution >= 0.6 is 0 Å². The molecule has 0 fully saturated rings. The second-order valence-electron chi connectivity index (χ2n) is 4.35. The maximum atomic E-state index is 11.8. The van der Waals surface area contributed by atoms with Gasteiger partial charge in [0.25, 0.3) is 0 Å². The first-order valence-corrected chi connectivity index (χ1v) is 10.7. The molecule has 0 atom stereocenters. The van der Waals surface area contributed by atoms with Crippen LogP contribution in [0.3, 0.4) is 0 Å². The number of benzene rings is 1. The molecule has 1 aromatic carbocycles. The summed E-state index contributed by atoms with van der Waals surface area (Å²) in [5, 5.41) is 0. The van der Waals surface area contributed by atoms with Gasteiger partial charge in [-0.15, -0.1) is 0 Å². The number of hydrogen-bond donors (Lipinski definition) is 2. The van der Waals surface area contributed by atoms with Gasteiger partial charge in [0.05, 0.1) is 16.3 Å². The quantitative estimate of drug-likeness (QED) is 0.667. The van der Waals surface area contributed by atoms with Gasteiger partial charge in [-0.1, -0.05) is 0 Å². The van der Waals surface area contributed by atoms with E-state index in [-0.39, 0.29) is 0 Å². The van der Waals surface area contributed by atoms with Gasteiger partial charge in [0.15, 0.2) is 29.5 Å². The maximum Gasteiger partial charge on any atom is 0.178 e. The van der Waals surface area contributed by atoms with Gasteiger partial charge in [-0.05, 0) is 6.07 Å². The van der Waals surface area contributed by atoms with E-state index in [1.807, 2.05) is 0 Å². The first kappa shape index (κ1) is 16.7.